The molecule has 0 aliphatic heterocycles. The summed E-state index contributed by atoms with van der Waals surface area (Å²) in [7, 11) is 0. The smallest absolute Gasteiger partial charge is 0.225 e. The Bertz CT molecular complexity index is 1490. The molecule has 0 aliphatic rings. The van der Waals surface area contributed by atoms with Crippen LogP contribution in [-0.4, -0.2) is 15.9 Å². The summed E-state index contributed by atoms with van der Waals surface area (Å²) in [5.41, 5.74) is 4.61. The Morgan fingerprint density at radius 3 is 2.33 bits per heavy atom. The number of hydrogen-bond donors (Lipinski definition) is 2. The maximum absolute atomic E-state index is 12.8. The largest absolute Gasteiger partial charge is 0.353 e. The van der Waals surface area contributed by atoms with E-state index in [0.717, 1.165) is 38.6 Å². The number of hydrogen-bond acceptors (Lipinski definition) is 3. The first-order valence-corrected chi connectivity index (χ1v) is 11.0. The summed E-state index contributed by atoms with van der Waals surface area (Å²) < 4.78 is 0. The van der Waals surface area contributed by atoms with E-state index in [0.29, 0.717) is 25.1 Å². The molecule has 1 amide bonds. The lowest BCUT2D eigenvalue weighted by Gasteiger charge is -2.14. The van der Waals surface area contributed by atoms with E-state index >= 15 is 0 Å². The average Bonchev–Trinajstić information content (AvgIpc) is 2.84. The molecule has 0 spiro atoms. The number of anilines is 1. The van der Waals surface area contributed by atoms with Crippen molar-refractivity contribution in [3.05, 3.63) is 118 Å². The highest BCUT2D eigenvalue weighted by molar-refractivity contribution is 6.04. The van der Waals surface area contributed by atoms with Crippen LogP contribution < -0.4 is 10.7 Å². The minimum atomic E-state index is -0.0785. The third-order valence-corrected chi connectivity index (χ3v) is 5.73. The summed E-state index contributed by atoms with van der Waals surface area (Å²) in [5, 5.41) is 4.81. The maximum Gasteiger partial charge on any atom is 0.225 e. The van der Waals surface area contributed by atoms with E-state index in [1.165, 1.54) is 0 Å². The van der Waals surface area contributed by atoms with Crippen LogP contribution in [0.2, 0.25) is 0 Å². The van der Waals surface area contributed by atoms with Gasteiger partial charge in [-0.3, -0.25) is 9.59 Å². The van der Waals surface area contributed by atoms with Crippen LogP contribution in [0, 0.1) is 0 Å². The van der Waals surface area contributed by atoms with Crippen LogP contribution in [0.5, 0.6) is 0 Å². The molecule has 162 valence electrons. The van der Waals surface area contributed by atoms with Gasteiger partial charge in [0.05, 0.1) is 16.7 Å². The fourth-order valence-corrected chi connectivity index (χ4v) is 4.05. The van der Waals surface area contributed by atoms with Gasteiger partial charge in [-0.15, -0.1) is 0 Å². The zero-order valence-corrected chi connectivity index (χ0v) is 18.0. The number of carbonyl (C=O) groups excluding carboxylic acids is 1. The Hall–Kier alpha value is -4.25. The van der Waals surface area contributed by atoms with Gasteiger partial charge in [-0.05, 0) is 47.2 Å². The third-order valence-electron chi connectivity index (χ3n) is 5.73. The molecule has 0 atom stereocenters. The van der Waals surface area contributed by atoms with Gasteiger partial charge in [-0.1, -0.05) is 66.7 Å². The van der Waals surface area contributed by atoms with E-state index in [-0.39, 0.29) is 11.3 Å². The topological polar surface area (TPSA) is 74.8 Å². The highest BCUT2D eigenvalue weighted by Crippen LogP contribution is 2.26. The van der Waals surface area contributed by atoms with Crippen molar-refractivity contribution in [1.29, 1.82) is 0 Å². The highest BCUT2D eigenvalue weighted by atomic mass is 16.1. The summed E-state index contributed by atoms with van der Waals surface area (Å²) >= 11 is 0. The molecule has 0 saturated carbocycles. The molecule has 0 saturated heterocycles. The zero-order valence-electron chi connectivity index (χ0n) is 18.0. The Morgan fingerprint density at radius 2 is 1.58 bits per heavy atom. The molecule has 5 heteroatoms. The van der Waals surface area contributed by atoms with Gasteiger partial charge in [0.25, 0.3) is 0 Å². The maximum atomic E-state index is 12.8. The van der Waals surface area contributed by atoms with Crippen molar-refractivity contribution in [2.24, 2.45) is 0 Å². The molecule has 0 aliphatic carbocycles. The fraction of sp³-hybridized carbons (Fsp3) is 0.107. The van der Waals surface area contributed by atoms with Crippen molar-refractivity contribution in [1.82, 2.24) is 9.97 Å². The van der Waals surface area contributed by atoms with Gasteiger partial charge < -0.3 is 10.3 Å². The van der Waals surface area contributed by atoms with Gasteiger partial charge in [-0.25, -0.2) is 4.98 Å². The van der Waals surface area contributed by atoms with Gasteiger partial charge >= 0.3 is 0 Å². The Labute approximate surface area is 191 Å². The zero-order chi connectivity index (χ0) is 22.6. The summed E-state index contributed by atoms with van der Waals surface area (Å²) in [4.78, 5) is 32.9. The van der Waals surface area contributed by atoms with E-state index in [4.69, 9.17) is 4.98 Å². The van der Waals surface area contributed by atoms with E-state index < -0.39 is 0 Å². The predicted octanol–water partition coefficient (Wildman–Crippen LogP) is 5.24. The summed E-state index contributed by atoms with van der Waals surface area (Å²) in [5.74, 6) is 0.453. The number of amides is 1. The first-order valence-electron chi connectivity index (χ1n) is 11.0. The molecule has 5 aromatic rings. The van der Waals surface area contributed by atoms with Crippen molar-refractivity contribution in [3.63, 3.8) is 0 Å². The molecule has 4 aromatic carbocycles. The third kappa shape index (κ3) is 4.67. The van der Waals surface area contributed by atoms with Crippen LogP contribution in [0.3, 0.4) is 0 Å². The predicted molar refractivity (Wildman–Crippen MR) is 133 cm³/mol. The Morgan fingerprint density at radius 1 is 0.848 bits per heavy atom. The quantitative estimate of drug-likeness (QED) is 0.360. The molecule has 5 nitrogen and oxygen atoms in total. The molecule has 0 unspecified atom stereocenters. The second kappa shape index (κ2) is 9.09. The van der Waals surface area contributed by atoms with Gasteiger partial charge in [0, 0.05) is 18.2 Å². The van der Waals surface area contributed by atoms with Crippen molar-refractivity contribution in [3.8, 4) is 0 Å². The number of aromatic amines is 1. The standard InChI is InChI=1S/C28H23N3O2/c32-22-13-14-23-21(18-22)12-15-24-27(23)29-25(17-20-9-5-2-6-10-20)28(30-24)31-26(33)16-11-19-7-3-1-4-8-19/h1-10,12-15,18,29H,11,16-17H2,(H,31,33). The van der Waals surface area contributed by atoms with Crippen LogP contribution in [-0.2, 0) is 17.6 Å². The molecule has 0 fully saturated rings. The molecule has 2 N–H and O–H groups in total. The second-order valence-electron chi connectivity index (χ2n) is 8.10. The lowest BCUT2D eigenvalue weighted by molar-refractivity contribution is -0.116. The number of carbonyl (C=O) groups is 1. The first kappa shape index (κ1) is 20.6. The fourth-order valence-electron chi connectivity index (χ4n) is 4.05. The molecule has 1 aromatic heterocycles. The Balaban J connectivity index is 1.51. The summed E-state index contributed by atoms with van der Waals surface area (Å²) in [6, 6.07) is 28.8. The molecular weight excluding hydrogens is 410 g/mol. The molecule has 33 heavy (non-hydrogen) atoms. The summed E-state index contributed by atoms with van der Waals surface area (Å²) in [6.07, 6.45) is 1.63. The van der Waals surface area contributed by atoms with Crippen molar-refractivity contribution in [2.45, 2.75) is 19.3 Å². The van der Waals surface area contributed by atoms with E-state index in [1.54, 1.807) is 12.1 Å². The molecular formula is C28H23N3O2. The minimum absolute atomic E-state index is 0.0263. The number of fused-ring (bicyclic) bond motifs is 3. The van der Waals surface area contributed by atoms with E-state index in [9.17, 15) is 9.59 Å². The Kier molecular flexibility index (Phi) is 5.68. The highest BCUT2D eigenvalue weighted by Gasteiger charge is 2.13. The van der Waals surface area contributed by atoms with Crippen LogP contribution in [0.4, 0.5) is 5.82 Å². The number of rotatable bonds is 6. The van der Waals surface area contributed by atoms with Gasteiger partial charge in [0.15, 0.2) is 11.2 Å². The lowest BCUT2D eigenvalue weighted by atomic mass is 10.1. The number of nitrogens with zero attached hydrogens (tertiary/aromatic N) is 1. The van der Waals surface area contributed by atoms with Gasteiger partial charge in [0.1, 0.15) is 0 Å². The lowest BCUT2D eigenvalue weighted by Crippen LogP contribution is -2.16. The second-order valence-corrected chi connectivity index (χ2v) is 8.10. The van der Waals surface area contributed by atoms with Gasteiger partial charge in [0.2, 0.25) is 5.91 Å². The average molecular weight is 434 g/mol. The number of aromatic nitrogens is 2. The summed E-state index contributed by atoms with van der Waals surface area (Å²) in [6.45, 7) is 0. The van der Waals surface area contributed by atoms with Crippen molar-refractivity contribution in [2.75, 3.05) is 5.32 Å². The molecule has 5 rings (SSSR count). The first-order chi connectivity index (χ1) is 16.2. The number of benzene rings is 4. The number of nitrogens with one attached hydrogen (secondary N) is 2. The molecule has 0 radical (unpaired) electrons. The minimum Gasteiger partial charge on any atom is -0.353 e. The van der Waals surface area contributed by atoms with E-state index in [2.05, 4.69) is 10.3 Å². The monoisotopic (exact) mass is 433 g/mol. The number of aryl methyl sites for hydroxylation is 1. The van der Waals surface area contributed by atoms with Crippen LogP contribution in [0.15, 0.2) is 95.8 Å². The van der Waals surface area contributed by atoms with Crippen LogP contribution in [0.1, 0.15) is 23.2 Å². The van der Waals surface area contributed by atoms with Crippen LogP contribution >= 0.6 is 0 Å². The molecule has 1 heterocycles. The number of H-pyrrole nitrogens is 1. The van der Waals surface area contributed by atoms with Crippen molar-refractivity contribution >= 4 is 33.5 Å². The normalized spacial score (nSPS) is 11.0. The SMILES string of the molecule is O=C(CCc1ccccc1)Nc1nc2ccc3cc(=O)ccc3c2[nH]c1Cc1ccccc1. The van der Waals surface area contributed by atoms with Crippen LogP contribution in [0.25, 0.3) is 21.8 Å². The van der Waals surface area contributed by atoms with Crippen molar-refractivity contribution < 1.29 is 4.79 Å². The van der Waals surface area contributed by atoms with Gasteiger partial charge in [-0.2, -0.15) is 0 Å². The van der Waals surface area contributed by atoms with E-state index in [1.807, 2.05) is 78.9 Å². The molecule has 0 bridgehead atoms.